The smallest absolute Gasteiger partial charge is 0.416 e. The predicted octanol–water partition coefficient (Wildman–Crippen LogP) is 5.28. The van der Waals surface area contributed by atoms with Crippen molar-refractivity contribution in [1.82, 2.24) is 9.88 Å². The van der Waals surface area contributed by atoms with Gasteiger partial charge in [-0.15, -0.1) is 0 Å². The third-order valence-corrected chi connectivity index (χ3v) is 6.49. The van der Waals surface area contributed by atoms with Crippen LogP contribution in [-0.4, -0.2) is 49.5 Å². The lowest BCUT2D eigenvalue weighted by molar-refractivity contribution is -0.141. The van der Waals surface area contributed by atoms with Crippen LogP contribution in [0.2, 0.25) is 0 Å². The second kappa shape index (κ2) is 13.1. The van der Waals surface area contributed by atoms with E-state index < -0.39 is 12.1 Å². The summed E-state index contributed by atoms with van der Waals surface area (Å²) in [4.78, 5) is 30.7. The number of hydrogen-bond acceptors (Lipinski definition) is 10. The van der Waals surface area contributed by atoms with Crippen molar-refractivity contribution in [3.05, 3.63) is 89.3 Å². The van der Waals surface area contributed by atoms with Crippen LogP contribution in [0.1, 0.15) is 22.6 Å². The second-order valence-corrected chi connectivity index (χ2v) is 9.37. The van der Waals surface area contributed by atoms with Crippen LogP contribution in [0, 0.1) is 6.92 Å². The van der Waals surface area contributed by atoms with E-state index in [4.69, 9.17) is 32.8 Å². The first-order valence-electron chi connectivity index (χ1n) is 13.1. The fourth-order valence-electron chi connectivity index (χ4n) is 4.16. The lowest BCUT2D eigenvalue weighted by Gasteiger charge is -2.21. The molecule has 218 valence electrons. The van der Waals surface area contributed by atoms with Gasteiger partial charge in [0, 0.05) is 12.1 Å². The van der Waals surface area contributed by atoms with Gasteiger partial charge in [-0.2, -0.15) is 0 Å². The zero-order chi connectivity index (χ0) is 29.5. The molecule has 0 saturated heterocycles. The molecule has 2 heterocycles. The number of carbonyl (C=O) groups is 2. The van der Waals surface area contributed by atoms with E-state index >= 15 is 0 Å². The van der Waals surface area contributed by atoms with Crippen LogP contribution in [0.5, 0.6) is 23.0 Å². The van der Waals surface area contributed by atoms with E-state index in [-0.39, 0.29) is 26.5 Å². The highest BCUT2D eigenvalue weighted by atomic mass is 16.7. The Morgan fingerprint density at radius 3 is 2.33 bits per heavy atom. The largest absolute Gasteiger partial charge is 0.497 e. The maximum atomic E-state index is 12.9. The number of amides is 1. The molecule has 1 amide bonds. The monoisotopic (exact) mass is 574 g/mol. The molecule has 4 aromatic rings. The van der Waals surface area contributed by atoms with E-state index in [0.29, 0.717) is 46.9 Å². The number of benzene rings is 3. The zero-order valence-corrected chi connectivity index (χ0v) is 23.5. The number of oxazole rings is 1. The normalized spacial score (nSPS) is 11.7. The molecular weight excluding hydrogens is 544 g/mol. The molecule has 42 heavy (non-hydrogen) atoms. The van der Waals surface area contributed by atoms with Gasteiger partial charge in [0.25, 0.3) is 0 Å². The van der Waals surface area contributed by atoms with Crippen molar-refractivity contribution in [2.45, 2.75) is 26.7 Å². The molecule has 0 fully saturated rings. The third kappa shape index (κ3) is 6.99. The van der Waals surface area contributed by atoms with Crippen molar-refractivity contribution in [2.75, 3.05) is 27.6 Å². The number of aromatic nitrogens is 1. The molecule has 0 bridgehead atoms. The summed E-state index contributed by atoms with van der Waals surface area (Å²) in [7, 11) is 2.82. The molecule has 0 unspecified atom stereocenters. The predicted molar refractivity (Wildman–Crippen MR) is 149 cm³/mol. The maximum Gasteiger partial charge on any atom is 0.416 e. The van der Waals surface area contributed by atoms with Crippen molar-refractivity contribution in [1.29, 1.82) is 0 Å². The van der Waals surface area contributed by atoms with Gasteiger partial charge >= 0.3 is 12.1 Å². The summed E-state index contributed by atoms with van der Waals surface area (Å²) in [6, 6.07) is 19.6. The standard InChI is InChI=1S/C31H30N2O9/c1-20-26(32-30(41-20)23-8-13-27-28(14-23)40-19-39-27)18-38-17-22-6-4-21(5-7-22)15-33(16-29(34)37-3)31(35)42-25-11-9-24(36-2)10-12-25/h4-14H,15-19H2,1-3H3. The Kier molecular flexibility index (Phi) is 8.88. The quantitative estimate of drug-likeness (QED) is 0.219. The van der Waals surface area contributed by atoms with E-state index in [1.807, 2.05) is 49.4 Å². The highest BCUT2D eigenvalue weighted by molar-refractivity contribution is 5.79. The van der Waals surface area contributed by atoms with Gasteiger partial charge in [0.15, 0.2) is 11.5 Å². The molecule has 0 spiro atoms. The fraction of sp³-hybridized carbons (Fsp3) is 0.258. The van der Waals surface area contributed by atoms with Gasteiger partial charge in [0.1, 0.15) is 29.5 Å². The van der Waals surface area contributed by atoms with Gasteiger partial charge in [0.2, 0.25) is 12.7 Å². The Balaban J connectivity index is 1.16. The molecule has 1 aliphatic heterocycles. The SMILES string of the molecule is COC(=O)CN(Cc1ccc(COCc2nc(-c3ccc4c(c3)OCO4)oc2C)cc1)C(=O)Oc1ccc(OC)cc1. The average Bonchev–Trinajstić information content (AvgIpc) is 3.63. The van der Waals surface area contributed by atoms with Crippen LogP contribution in [0.4, 0.5) is 4.79 Å². The summed E-state index contributed by atoms with van der Waals surface area (Å²) in [5.41, 5.74) is 3.22. The highest BCUT2D eigenvalue weighted by Gasteiger charge is 2.21. The van der Waals surface area contributed by atoms with Crippen molar-refractivity contribution >= 4 is 12.1 Å². The Morgan fingerprint density at radius 1 is 0.881 bits per heavy atom. The number of aryl methyl sites for hydroxylation is 1. The summed E-state index contributed by atoms with van der Waals surface area (Å²) >= 11 is 0. The maximum absolute atomic E-state index is 12.9. The summed E-state index contributed by atoms with van der Waals surface area (Å²) in [5, 5.41) is 0. The molecular formula is C31H30N2O9. The first kappa shape index (κ1) is 28.5. The molecule has 0 N–H and O–H groups in total. The average molecular weight is 575 g/mol. The van der Waals surface area contributed by atoms with Crippen LogP contribution < -0.4 is 18.9 Å². The molecule has 0 atom stereocenters. The number of carbonyl (C=O) groups excluding carboxylic acids is 2. The minimum atomic E-state index is -0.680. The van der Waals surface area contributed by atoms with Gasteiger partial charge in [-0.25, -0.2) is 9.78 Å². The van der Waals surface area contributed by atoms with Crippen LogP contribution >= 0.6 is 0 Å². The van der Waals surface area contributed by atoms with Gasteiger partial charge in [-0.05, 0) is 60.5 Å². The Labute approximate surface area is 242 Å². The van der Waals surface area contributed by atoms with Crippen LogP contribution in [0.15, 0.2) is 71.1 Å². The lowest BCUT2D eigenvalue weighted by atomic mass is 10.1. The van der Waals surface area contributed by atoms with Crippen molar-refractivity contribution < 1.29 is 42.4 Å². The summed E-state index contributed by atoms with van der Waals surface area (Å²) < 4.78 is 37.9. The van der Waals surface area contributed by atoms with Gasteiger partial charge < -0.3 is 32.8 Å². The van der Waals surface area contributed by atoms with Gasteiger partial charge in [0.05, 0.1) is 27.4 Å². The number of nitrogens with zero attached hydrogens (tertiary/aromatic N) is 2. The van der Waals surface area contributed by atoms with E-state index in [1.54, 1.807) is 31.4 Å². The summed E-state index contributed by atoms with van der Waals surface area (Å²) in [6.45, 7) is 2.54. The molecule has 11 heteroatoms. The number of rotatable bonds is 11. The fourth-order valence-corrected chi connectivity index (χ4v) is 4.16. The number of ether oxygens (including phenoxy) is 6. The van der Waals surface area contributed by atoms with Crippen LogP contribution in [0.3, 0.4) is 0 Å². The topological polar surface area (TPSA) is 119 Å². The van der Waals surface area contributed by atoms with E-state index in [2.05, 4.69) is 4.98 Å². The number of fused-ring (bicyclic) bond motifs is 1. The first-order chi connectivity index (χ1) is 20.4. The van der Waals surface area contributed by atoms with E-state index in [1.165, 1.54) is 12.0 Å². The van der Waals surface area contributed by atoms with Crippen molar-refractivity contribution in [3.8, 4) is 34.5 Å². The first-order valence-corrected chi connectivity index (χ1v) is 13.1. The van der Waals surface area contributed by atoms with Crippen LogP contribution in [-0.2, 0) is 34.0 Å². The summed E-state index contributed by atoms with van der Waals surface area (Å²) in [5.74, 6) is 2.91. The van der Waals surface area contributed by atoms with Crippen molar-refractivity contribution in [3.63, 3.8) is 0 Å². The molecule has 0 radical (unpaired) electrons. The molecule has 1 aromatic heterocycles. The molecule has 11 nitrogen and oxygen atoms in total. The minimum absolute atomic E-state index is 0.145. The van der Waals surface area contributed by atoms with Crippen molar-refractivity contribution in [2.24, 2.45) is 0 Å². The lowest BCUT2D eigenvalue weighted by Crippen LogP contribution is -2.37. The molecule has 1 aliphatic rings. The van der Waals surface area contributed by atoms with Gasteiger partial charge in [-0.3, -0.25) is 9.69 Å². The minimum Gasteiger partial charge on any atom is -0.497 e. The Hall–Kier alpha value is -5.03. The third-order valence-electron chi connectivity index (χ3n) is 6.49. The Bertz CT molecular complexity index is 1530. The molecule has 0 aliphatic carbocycles. The number of hydrogen-bond donors (Lipinski definition) is 0. The number of esters is 1. The second-order valence-electron chi connectivity index (χ2n) is 9.37. The van der Waals surface area contributed by atoms with Gasteiger partial charge in [-0.1, -0.05) is 24.3 Å². The molecule has 0 saturated carbocycles. The van der Waals surface area contributed by atoms with E-state index in [0.717, 1.165) is 16.7 Å². The number of methoxy groups -OCH3 is 2. The van der Waals surface area contributed by atoms with E-state index in [9.17, 15) is 9.59 Å². The van der Waals surface area contributed by atoms with Crippen LogP contribution in [0.25, 0.3) is 11.5 Å². The molecule has 5 rings (SSSR count). The zero-order valence-electron chi connectivity index (χ0n) is 23.5. The Morgan fingerprint density at radius 2 is 1.60 bits per heavy atom. The molecule has 3 aromatic carbocycles. The summed E-state index contributed by atoms with van der Waals surface area (Å²) in [6.07, 6.45) is -0.680. The highest BCUT2D eigenvalue weighted by Crippen LogP contribution is 2.36.